The molecule has 0 aliphatic heterocycles. The zero-order valence-corrected chi connectivity index (χ0v) is 8.16. The van der Waals surface area contributed by atoms with Gasteiger partial charge in [0, 0.05) is 11.8 Å². The fraction of sp³-hybridized carbons (Fsp3) is 0. The summed E-state index contributed by atoms with van der Waals surface area (Å²) in [5.41, 5.74) is 5.84. The van der Waals surface area contributed by atoms with Crippen LogP contribution in [0.25, 0.3) is 0 Å². The van der Waals surface area contributed by atoms with Gasteiger partial charge in [0.25, 0.3) is 5.91 Å². The van der Waals surface area contributed by atoms with Crippen LogP contribution in [0.2, 0.25) is 0 Å². The molecule has 0 spiro atoms. The monoisotopic (exact) mass is 216 g/mol. The third-order valence-corrected chi connectivity index (χ3v) is 1.75. The van der Waals surface area contributed by atoms with Gasteiger partial charge in [-0.25, -0.2) is 9.97 Å². The second-order valence-corrected chi connectivity index (χ2v) is 2.89. The number of nitrogens with one attached hydrogen (secondary N) is 1. The van der Waals surface area contributed by atoms with Gasteiger partial charge in [0.15, 0.2) is 0 Å². The lowest BCUT2D eigenvalue weighted by Gasteiger charge is -2.02. The molecule has 2 heterocycles. The summed E-state index contributed by atoms with van der Waals surface area (Å²) in [5.74, 6) is 0.0599. The van der Waals surface area contributed by atoms with Gasteiger partial charge in [-0.2, -0.15) is 5.10 Å². The van der Waals surface area contributed by atoms with Gasteiger partial charge in [0.05, 0.1) is 12.4 Å². The van der Waals surface area contributed by atoms with Crippen LogP contribution >= 0.6 is 0 Å². The molecule has 2 aromatic heterocycles. The Balaban J connectivity index is 2.15. The topological polar surface area (TPSA) is 107 Å². The zero-order valence-electron chi connectivity index (χ0n) is 8.16. The summed E-state index contributed by atoms with van der Waals surface area (Å²) in [6, 6.07) is 3.01. The van der Waals surface area contributed by atoms with E-state index in [0.717, 1.165) is 0 Å². The standard InChI is InChI=1S/C9H8N6O/c10-7-5-6(1-2-11-7)8(16)14-9-12-3-4-13-15-9/h1-5H,(H2,10,11)(H,12,14,15,16). The first-order valence-corrected chi connectivity index (χ1v) is 4.42. The predicted molar refractivity (Wildman–Crippen MR) is 56.4 cm³/mol. The molecule has 0 aromatic carbocycles. The Labute approximate surface area is 90.8 Å². The largest absolute Gasteiger partial charge is 0.384 e. The smallest absolute Gasteiger partial charge is 0.258 e. The van der Waals surface area contributed by atoms with E-state index in [4.69, 9.17) is 5.73 Å². The number of nitrogens with zero attached hydrogens (tertiary/aromatic N) is 4. The molecule has 2 rings (SSSR count). The lowest BCUT2D eigenvalue weighted by molar-refractivity contribution is 0.102. The van der Waals surface area contributed by atoms with E-state index in [1.807, 2.05) is 0 Å². The molecule has 0 bridgehead atoms. The van der Waals surface area contributed by atoms with Crippen LogP contribution in [-0.4, -0.2) is 26.1 Å². The van der Waals surface area contributed by atoms with Crippen LogP contribution in [0.5, 0.6) is 0 Å². The quantitative estimate of drug-likeness (QED) is 0.737. The molecule has 0 saturated heterocycles. The Morgan fingerprint density at radius 1 is 1.25 bits per heavy atom. The number of pyridine rings is 1. The molecular weight excluding hydrogens is 208 g/mol. The molecule has 0 saturated carbocycles. The molecule has 2 aromatic rings. The fourth-order valence-corrected chi connectivity index (χ4v) is 1.07. The highest BCUT2D eigenvalue weighted by molar-refractivity contribution is 6.03. The maximum Gasteiger partial charge on any atom is 0.258 e. The minimum Gasteiger partial charge on any atom is -0.384 e. The minimum atomic E-state index is -0.359. The minimum absolute atomic E-state index is 0.142. The van der Waals surface area contributed by atoms with Crippen molar-refractivity contribution >= 4 is 17.7 Å². The first-order valence-electron chi connectivity index (χ1n) is 4.42. The molecule has 1 amide bonds. The maximum atomic E-state index is 11.7. The summed E-state index contributed by atoms with van der Waals surface area (Å²) in [4.78, 5) is 19.3. The summed E-state index contributed by atoms with van der Waals surface area (Å²) >= 11 is 0. The Hall–Kier alpha value is -2.57. The second kappa shape index (κ2) is 4.30. The van der Waals surface area contributed by atoms with Crippen LogP contribution in [0.15, 0.2) is 30.7 Å². The van der Waals surface area contributed by atoms with E-state index in [2.05, 4.69) is 25.5 Å². The predicted octanol–water partition coefficient (Wildman–Crippen LogP) is 0.101. The number of nitrogens with two attached hydrogens (primary N) is 1. The van der Waals surface area contributed by atoms with Crippen LogP contribution in [0.3, 0.4) is 0 Å². The number of amides is 1. The Kier molecular flexibility index (Phi) is 2.68. The fourth-order valence-electron chi connectivity index (χ4n) is 1.07. The number of aromatic nitrogens is 4. The van der Waals surface area contributed by atoms with Crippen molar-refractivity contribution in [2.75, 3.05) is 11.1 Å². The van der Waals surface area contributed by atoms with Gasteiger partial charge in [-0.3, -0.25) is 10.1 Å². The second-order valence-electron chi connectivity index (χ2n) is 2.89. The number of hydrogen-bond acceptors (Lipinski definition) is 6. The molecule has 0 atom stereocenters. The van der Waals surface area contributed by atoms with E-state index in [1.54, 1.807) is 6.07 Å². The van der Waals surface area contributed by atoms with Crippen molar-refractivity contribution in [2.24, 2.45) is 0 Å². The van der Waals surface area contributed by atoms with Crippen molar-refractivity contribution in [3.8, 4) is 0 Å². The van der Waals surface area contributed by atoms with Gasteiger partial charge in [-0.05, 0) is 12.1 Å². The first-order chi connectivity index (χ1) is 7.75. The van der Waals surface area contributed by atoms with Crippen molar-refractivity contribution in [1.29, 1.82) is 0 Å². The normalized spacial score (nSPS) is 9.75. The number of hydrogen-bond donors (Lipinski definition) is 2. The van der Waals surface area contributed by atoms with Crippen molar-refractivity contribution in [1.82, 2.24) is 20.2 Å². The van der Waals surface area contributed by atoms with Gasteiger partial charge >= 0.3 is 0 Å². The van der Waals surface area contributed by atoms with E-state index in [9.17, 15) is 4.79 Å². The molecule has 0 aliphatic carbocycles. The number of nitrogen functional groups attached to an aromatic ring is 1. The van der Waals surface area contributed by atoms with E-state index in [0.29, 0.717) is 5.56 Å². The molecule has 80 valence electrons. The highest BCUT2D eigenvalue weighted by Crippen LogP contribution is 2.05. The Morgan fingerprint density at radius 3 is 2.81 bits per heavy atom. The SMILES string of the molecule is Nc1cc(C(=O)Nc2nccnn2)ccn1. The molecule has 7 heteroatoms. The lowest BCUT2D eigenvalue weighted by atomic mass is 10.2. The van der Waals surface area contributed by atoms with Gasteiger partial charge in [-0.1, -0.05) is 0 Å². The van der Waals surface area contributed by atoms with Crippen LogP contribution in [0.1, 0.15) is 10.4 Å². The van der Waals surface area contributed by atoms with Crippen molar-refractivity contribution in [2.45, 2.75) is 0 Å². The maximum absolute atomic E-state index is 11.7. The van der Waals surface area contributed by atoms with E-state index in [-0.39, 0.29) is 17.7 Å². The van der Waals surface area contributed by atoms with Gasteiger partial charge in [-0.15, -0.1) is 5.10 Å². The summed E-state index contributed by atoms with van der Waals surface area (Å²) in [6.07, 6.45) is 4.30. The van der Waals surface area contributed by atoms with Gasteiger partial charge in [0.2, 0.25) is 5.95 Å². The van der Waals surface area contributed by atoms with Crippen molar-refractivity contribution < 1.29 is 4.79 Å². The average molecular weight is 216 g/mol. The number of rotatable bonds is 2. The molecule has 3 N–H and O–H groups in total. The van der Waals surface area contributed by atoms with Crippen molar-refractivity contribution in [3.05, 3.63) is 36.3 Å². The summed E-state index contributed by atoms with van der Waals surface area (Å²) in [5, 5.41) is 9.69. The first kappa shape index (κ1) is 9.97. The van der Waals surface area contributed by atoms with Crippen LogP contribution in [-0.2, 0) is 0 Å². The van der Waals surface area contributed by atoms with Gasteiger partial charge in [0.1, 0.15) is 5.82 Å². The summed E-state index contributed by atoms with van der Waals surface area (Å²) in [6.45, 7) is 0. The van der Waals surface area contributed by atoms with E-state index < -0.39 is 0 Å². The van der Waals surface area contributed by atoms with Crippen LogP contribution in [0.4, 0.5) is 11.8 Å². The molecule has 0 aliphatic rings. The number of anilines is 2. The van der Waals surface area contributed by atoms with Gasteiger partial charge < -0.3 is 5.73 Å². The number of carbonyl (C=O) groups excluding carboxylic acids is 1. The summed E-state index contributed by atoms with van der Waals surface area (Å²) in [7, 11) is 0. The highest BCUT2D eigenvalue weighted by Gasteiger charge is 2.07. The molecular formula is C9H8N6O. The van der Waals surface area contributed by atoms with Crippen LogP contribution in [0, 0.1) is 0 Å². The molecule has 16 heavy (non-hydrogen) atoms. The molecule has 7 nitrogen and oxygen atoms in total. The number of carbonyl (C=O) groups is 1. The van der Waals surface area contributed by atoms with E-state index >= 15 is 0 Å². The molecule has 0 unspecified atom stereocenters. The Bertz CT molecular complexity index is 500. The molecule has 0 radical (unpaired) electrons. The third kappa shape index (κ3) is 2.27. The average Bonchev–Trinajstić information content (AvgIpc) is 2.30. The van der Waals surface area contributed by atoms with Crippen LogP contribution < -0.4 is 11.1 Å². The molecule has 0 fully saturated rings. The Morgan fingerprint density at radius 2 is 2.12 bits per heavy atom. The lowest BCUT2D eigenvalue weighted by Crippen LogP contribution is -2.14. The third-order valence-electron chi connectivity index (χ3n) is 1.75. The van der Waals surface area contributed by atoms with E-state index in [1.165, 1.54) is 24.7 Å². The van der Waals surface area contributed by atoms with Crippen molar-refractivity contribution in [3.63, 3.8) is 0 Å². The highest BCUT2D eigenvalue weighted by atomic mass is 16.1. The zero-order chi connectivity index (χ0) is 11.4. The summed E-state index contributed by atoms with van der Waals surface area (Å²) < 4.78 is 0.